The lowest BCUT2D eigenvalue weighted by Gasteiger charge is -2.52. The van der Waals surface area contributed by atoms with Gasteiger partial charge in [0.15, 0.2) is 5.78 Å². The average molecular weight is 489 g/mol. The van der Waals surface area contributed by atoms with Crippen LogP contribution in [0.25, 0.3) is 0 Å². The molecule has 2 N–H and O–H groups in total. The molecule has 0 spiro atoms. The molecule has 4 heterocycles. The van der Waals surface area contributed by atoms with Crippen LogP contribution >= 0.6 is 11.5 Å². The number of nitrogens with one attached hydrogen (secondary N) is 1. The van der Waals surface area contributed by atoms with Crippen LogP contribution in [0.3, 0.4) is 0 Å². The molecule has 1 saturated heterocycles. The Morgan fingerprint density at radius 3 is 2.76 bits per heavy atom. The van der Waals surface area contributed by atoms with E-state index in [1.807, 2.05) is 13.8 Å². The fourth-order valence-corrected chi connectivity index (χ4v) is 5.03. The van der Waals surface area contributed by atoms with Crippen molar-refractivity contribution in [2.24, 2.45) is 0 Å². The summed E-state index contributed by atoms with van der Waals surface area (Å²) in [7, 11) is 0. The Labute approximate surface area is 201 Å². The van der Waals surface area contributed by atoms with Crippen molar-refractivity contribution in [3.63, 3.8) is 0 Å². The maximum Gasteiger partial charge on any atom is 0.334 e. The van der Waals surface area contributed by atoms with Crippen molar-refractivity contribution in [2.45, 2.75) is 51.2 Å². The minimum atomic E-state index is -1.96. The van der Waals surface area contributed by atoms with Crippen LogP contribution < -0.4 is 10.2 Å². The van der Waals surface area contributed by atoms with Gasteiger partial charge in [-0.2, -0.15) is 4.37 Å². The Morgan fingerprint density at radius 1 is 1.38 bits per heavy atom. The molecule has 12 heteroatoms. The fourth-order valence-electron chi connectivity index (χ4n) is 4.50. The molecule has 11 nitrogen and oxygen atoms in total. The zero-order chi connectivity index (χ0) is 24.5. The SMILES string of the molecule is CCOC[C@H](CC)NC(=O)C1CCN1C1(C(=O)O)CN(c2ncns2)c2nccc(C)c2C1=O. The summed E-state index contributed by atoms with van der Waals surface area (Å²) in [6.45, 7) is 6.56. The number of Topliss-reactive ketones (excluding diaryl/α,β-unsaturated/α-hetero) is 1. The van der Waals surface area contributed by atoms with Gasteiger partial charge in [-0.25, -0.2) is 14.8 Å². The number of aryl methyl sites for hydroxylation is 1. The molecule has 0 aliphatic carbocycles. The Morgan fingerprint density at radius 2 is 2.18 bits per heavy atom. The van der Waals surface area contributed by atoms with Gasteiger partial charge in [-0.05, 0) is 38.3 Å². The first-order valence-electron chi connectivity index (χ1n) is 11.3. The molecule has 0 aromatic carbocycles. The molecule has 1 amide bonds. The highest BCUT2D eigenvalue weighted by atomic mass is 32.1. The average Bonchev–Trinajstić information content (AvgIpc) is 3.32. The van der Waals surface area contributed by atoms with Crippen LogP contribution in [0.2, 0.25) is 0 Å². The van der Waals surface area contributed by atoms with Gasteiger partial charge >= 0.3 is 5.97 Å². The second kappa shape index (κ2) is 9.72. The van der Waals surface area contributed by atoms with Gasteiger partial charge < -0.3 is 15.2 Å². The van der Waals surface area contributed by atoms with Gasteiger partial charge in [0, 0.05) is 30.9 Å². The molecule has 0 bridgehead atoms. The number of ketones is 1. The van der Waals surface area contributed by atoms with E-state index in [2.05, 4.69) is 19.7 Å². The highest BCUT2D eigenvalue weighted by Crippen LogP contribution is 2.42. The van der Waals surface area contributed by atoms with Gasteiger partial charge in [-0.3, -0.25) is 19.4 Å². The molecule has 3 atom stereocenters. The van der Waals surface area contributed by atoms with Crippen LogP contribution in [-0.4, -0.2) is 85.9 Å². The minimum Gasteiger partial charge on any atom is -0.479 e. The smallest absolute Gasteiger partial charge is 0.334 e. The summed E-state index contributed by atoms with van der Waals surface area (Å²) in [5.74, 6) is -1.83. The highest BCUT2D eigenvalue weighted by molar-refractivity contribution is 7.09. The van der Waals surface area contributed by atoms with E-state index >= 15 is 0 Å². The number of amides is 1. The summed E-state index contributed by atoms with van der Waals surface area (Å²) in [6.07, 6.45) is 4.07. The number of hydrogen-bond acceptors (Lipinski definition) is 10. The zero-order valence-electron chi connectivity index (χ0n) is 19.4. The van der Waals surface area contributed by atoms with Gasteiger partial charge in [0.2, 0.25) is 16.6 Å². The van der Waals surface area contributed by atoms with Gasteiger partial charge in [0.05, 0.1) is 30.8 Å². The maximum atomic E-state index is 13.9. The number of ether oxygens (including phenoxy) is 1. The van der Waals surface area contributed by atoms with Crippen molar-refractivity contribution < 1.29 is 24.2 Å². The predicted octanol–water partition coefficient (Wildman–Crippen LogP) is 1.40. The molecule has 0 radical (unpaired) electrons. The lowest BCUT2D eigenvalue weighted by atomic mass is 9.78. The number of nitrogens with zero attached hydrogens (tertiary/aromatic N) is 5. The predicted molar refractivity (Wildman–Crippen MR) is 124 cm³/mol. The van der Waals surface area contributed by atoms with Gasteiger partial charge in [0.25, 0.3) is 0 Å². The molecule has 2 aliphatic heterocycles. The Bertz CT molecular complexity index is 1080. The number of likely N-dealkylation sites (tertiary alicyclic amines) is 1. The van der Waals surface area contributed by atoms with Gasteiger partial charge in [-0.15, -0.1) is 0 Å². The maximum absolute atomic E-state index is 13.9. The minimum absolute atomic E-state index is 0.192. The molecular formula is C22H28N6O5S. The van der Waals surface area contributed by atoms with E-state index in [1.165, 1.54) is 11.2 Å². The van der Waals surface area contributed by atoms with Crippen LogP contribution in [0.4, 0.5) is 10.9 Å². The first-order chi connectivity index (χ1) is 16.3. The molecule has 34 heavy (non-hydrogen) atoms. The number of carboxylic acid groups (broad SMARTS) is 1. The van der Waals surface area contributed by atoms with Crippen molar-refractivity contribution in [3.05, 3.63) is 29.7 Å². The Hall–Kier alpha value is -2.96. The van der Waals surface area contributed by atoms with E-state index in [-0.39, 0.29) is 24.1 Å². The van der Waals surface area contributed by atoms with Crippen molar-refractivity contribution in [1.29, 1.82) is 0 Å². The number of aliphatic carboxylic acids is 1. The number of carbonyl (C=O) groups excluding carboxylic acids is 2. The quantitative estimate of drug-likeness (QED) is 0.498. The largest absolute Gasteiger partial charge is 0.479 e. The number of aromatic nitrogens is 3. The standard InChI is InChI=1S/C22H28N6O5S/c1-4-14(10-33-5-2)26-19(30)15-7-9-28(15)22(20(31)32)11-27(21-24-12-25-34-21)18-16(17(22)29)13(3)6-8-23-18/h6,8,12,14-15H,4-5,7,9-11H2,1-3H3,(H,26,30)(H,31,32)/t14-,15?,22?/m0/s1. The van der Waals surface area contributed by atoms with E-state index in [0.717, 1.165) is 11.5 Å². The Balaban J connectivity index is 1.71. The lowest BCUT2D eigenvalue weighted by Crippen LogP contribution is -2.75. The van der Waals surface area contributed by atoms with E-state index in [0.29, 0.717) is 49.1 Å². The number of anilines is 2. The summed E-state index contributed by atoms with van der Waals surface area (Å²) in [4.78, 5) is 51.6. The number of pyridine rings is 1. The number of carboxylic acids is 1. The summed E-state index contributed by atoms with van der Waals surface area (Å²) in [5.41, 5.74) is -1.13. The topological polar surface area (TPSA) is 138 Å². The summed E-state index contributed by atoms with van der Waals surface area (Å²) < 4.78 is 9.48. The summed E-state index contributed by atoms with van der Waals surface area (Å²) >= 11 is 1.08. The van der Waals surface area contributed by atoms with Gasteiger partial charge in [0.1, 0.15) is 12.1 Å². The summed E-state index contributed by atoms with van der Waals surface area (Å²) in [6, 6.07) is 0.737. The van der Waals surface area contributed by atoms with E-state index < -0.39 is 23.3 Å². The number of rotatable bonds is 9. The zero-order valence-corrected chi connectivity index (χ0v) is 20.2. The van der Waals surface area contributed by atoms with E-state index in [4.69, 9.17) is 4.74 Å². The first kappa shape index (κ1) is 24.2. The molecule has 2 aromatic heterocycles. The molecule has 2 aromatic rings. The molecule has 2 aliphatic rings. The second-order valence-electron chi connectivity index (χ2n) is 8.40. The van der Waals surface area contributed by atoms with Gasteiger partial charge in [-0.1, -0.05) is 6.92 Å². The van der Waals surface area contributed by atoms with Crippen LogP contribution in [0.1, 0.15) is 42.6 Å². The molecule has 0 saturated carbocycles. The first-order valence-corrected chi connectivity index (χ1v) is 12.0. The van der Waals surface area contributed by atoms with Crippen LogP contribution in [0.15, 0.2) is 18.6 Å². The molecular weight excluding hydrogens is 460 g/mol. The third-order valence-corrected chi connectivity index (χ3v) is 7.18. The third kappa shape index (κ3) is 3.95. The summed E-state index contributed by atoms with van der Waals surface area (Å²) in [5, 5.41) is 13.9. The van der Waals surface area contributed by atoms with E-state index in [1.54, 1.807) is 24.1 Å². The molecule has 182 valence electrons. The fraction of sp³-hybridized carbons (Fsp3) is 0.545. The van der Waals surface area contributed by atoms with Crippen molar-refractivity contribution in [1.82, 2.24) is 24.6 Å². The van der Waals surface area contributed by atoms with Crippen LogP contribution in [0.5, 0.6) is 0 Å². The van der Waals surface area contributed by atoms with Crippen LogP contribution in [-0.2, 0) is 14.3 Å². The highest BCUT2D eigenvalue weighted by Gasteiger charge is 2.62. The second-order valence-corrected chi connectivity index (χ2v) is 9.16. The molecule has 1 fully saturated rings. The Kier molecular flexibility index (Phi) is 6.91. The van der Waals surface area contributed by atoms with E-state index in [9.17, 15) is 19.5 Å². The molecule has 2 unspecified atom stereocenters. The lowest BCUT2D eigenvalue weighted by molar-refractivity contribution is -0.156. The monoisotopic (exact) mass is 488 g/mol. The van der Waals surface area contributed by atoms with Crippen molar-refractivity contribution in [2.75, 3.05) is 31.2 Å². The number of fused-ring (bicyclic) bond motifs is 1. The number of hydrogen-bond donors (Lipinski definition) is 2. The van der Waals surface area contributed by atoms with Crippen molar-refractivity contribution in [3.8, 4) is 0 Å². The third-order valence-electron chi connectivity index (χ3n) is 6.49. The molecule has 4 rings (SSSR count). The van der Waals surface area contributed by atoms with Crippen molar-refractivity contribution >= 4 is 40.1 Å². The number of carbonyl (C=O) groups is 3. The normalized spacial score (nSPS) is 23.2. The van der Waals surface area contributed by atoms with Crippen LogP contribution in [0, 0.1) is 6.92 Å².